The Morgan fingerprint density at radius 3 is 2.59 bits per heavy atom. The van der Waals surface area contributed by atoms with Crippen molar-refractivity contribution in [3.63, 3.8) is 0 Å². The molecule has 1 aliphatic rings. The fourth-order valence-corrected chi connectivity index (χ4v) is 2.51. The van der Waals surface area contributed by atoms with Crippen molar-refractivity contribution in [2.75, 3.05) is 37.6 Å². The molecule has 0 aromatic carbocycles. The van der Waals surface area contributed by atoms with E-state index < -0.39 is 0 Å². The molecular weight excluding hydrogens is 276 g/mol. The molecule has 0 radical (unpaired) electrons. The third kappa shape index (κ3) is 4.87. The quantitative estimate of drug-likeness (QED) is 0.628. The van der Waals surface area contributed by atoms with E-state index in [1.807, 2.05) is 20.0 Å². The highest BCUT2D eigenvalue weighted by Crippen LogP contribution is 2.14. The van der Waals surface area contributed by atoms with Crippen LogP contribution in [0.1, 0.15) is 26.3 Å². The standard InChI is InChI=1S/C16H28N6/c1-4-21-7-9-22(10-8-21)15-6-5-14(11-18-15)12-19-16(17)20-13(2)3/h5-6,11,13H,4,7-10,12H2,1-3H3,(H3,17,19,20). The lowest BCUT2D eigenvalue weighted by molar-refractivity contribution is 0.270. The fourth-order valence-electron chi connectivity index (χ4n) is 2.51. The fraction of sp³-hybridized carbons (Fsp3) is 0.625. The Hall–Kier alpha value is -1.82. The van der Waals surface area contributed by atoms with Gasteiger partial charge in [0.1, 0.15) is 5.82 Å². The normalized spacial score (nSPS) is 17.1. The van der Waals surface area contributed by atoms with Crippen molar-refractivity contribution in [2.24, 2.45) is 10.7 Å². The molecule has 122 valence electrons. The first-order valence-corrected chi connectivity index (χ1v) is 8.07. The van der Waals surface area contributed by atoms with E-state index in [1.54, 1.807) is 0 Å². The maximum Gasteiger partial charge on any atom is 0.189 e. The average Bonchev–Trinajstić information content (AvgIpc) is 2.53. The van der Waals surface area contributed by atoms with E-state index >= 15 is 0 Å². The number of guanidine groups is 1. The molecule has 0 unspecified atom stereocenters. The van der Waals surface area contributed by atoms with Crippen LogP contribution < -0.4 is 16.0 Å². The summed E-state index contributed by atoms with van der Waals surface area (Å²) < 4.78 is 0. The Morgan fingerprint density at radius 1 is 1.32 bits per heavy atom. The van der Waals surface area contributed by atoms with Crippen molar-refractivity contribution in [1.29, 1.82) is 0 Å². The summed E-state index contributed by atoms with van der Waals surface area (Å²) in [6, 6.07) is 4.46. The van der Waals surface area contributed by atoms with Crippen LogP contribution in [-0.4, -0.2) is 54.6 Å². The molecular formula is C16H28N6. The molecule has 0 spiro atoms. The van der Waals surface area contributed by atoms with E-state index in [4.69, 9.17) is 5.73 Å². The zero-order valence-corrected chi connectivity index (χ0v) is 13.9. The van der Waals surface area contributed by atoms with E-state index in [9.17, 15) is 0 Å². The van der Waals surface area contributed by atoms with E-state index in [2.05, 4.69) is 44.1 Å². The minimum Gasteiger partial charge on any atom is -0.370 e. The summed E-state index contributed by atoms with van der Waals surface area (Å²) in [5.41, 5.74) is 6.87. The van der Waals surface area contributed by atoms with Gasteiger partial charge in [-0.1, -0.05) is 13.0 Å². The zero-order chi connectivity index (χ0) is 15.9. The number of nitrogens with one attached hydrogen (secondary N) is 1. The van der Waals surface area contributed by atoms with Gasteiger partial charge < -0.3 is 20.9 Å². The second-order valence-electron chi connectivity index (χ2n) is 5.95. The number of aliphatic imine (C=N–C) groups is 1. The molecule has 2 rings (SSSR count). The number of anilines is 1. The van der Waals surface area contributed by atoms with Crippen molar-refractivity contribution < 1.29 is 0 Å². The minimum atomic E-state index is 0.297. The van der Waals surface area contributed by atoms with Gasteiger partial charge in [0.25, 0.3) is 0 Å². The molecule has 1 aromatic rings. The molecule has 22 heavy (non-hydrogen) atoms. The maximum absolute atomic E-state index is 5.80. The van der Waals surface area contributed by atoms with Crippen molar-refractivity contribution in [2.45, 2.75) is 33.4 Å². The number of hydrogen-bond donors (Lipinski definition) is 2. The van der Waals surface area contributed by atoms with E-state index in [-0.39, 0.29) is 0 Å². The maximum atomic E-state index is 5.80. The van der Waals surface area contributed by atoms with Crippen LogP contribution in [0.3, 0.4) is 0 Å². The smallest absolute Gasteiger partial charge is 0.189 e. The summed E-state index contributed by atoms with van der Waals surface area (Å²) in [7, 11) is 0. The zero-order valence-electron chi connectivity index (χ0n) is 13.9. The Balaban J connectivity index is 1.88. The van der Waals surface area contributed by atoms with Crippen LogP contribution in [0.2, 0.25) is 0 Å². The van der Waals surface area contributed by atoms with E-state index in [0.29, 0.717) is 18.5 Å². The number of hydrogen-bond acceptors (Lipinski definition) is 4. The van der Waals surface area contributed by atoms with Gasteiger partial charge in [0.2, 0.25) is 0 Å². The predicted octanol–water partition coefficient (Wildman–Crippen LogP) is 1.04. The van der Waals surface area contributed by atoms with Gasteiger partial charge in [-0.15, -0.1) is 0 Å². The highest BCUT2D eigenvalue weighted by atomic mass is 15.3. The number of nitrogens with zero attached hydrogens (tertiary/aromatic N) is 4. The van der Waals surface area contributed by atoms with Crippen molar-refractivity contribution in [1.82, 2.24) is 15.2 Å². The molecule has 0 saturated carbocycles. The first-order chi connectivity index (χ1) is 10.6. The summed E-state index contributed by atoms with van der Waals surface area (Å²) in [4.78, 5) is 13.7. The van der Waals surface area contributed by atoms with Crippen molar-refractivity contribution in [3.05, 3.63) is 23.9 Å². The van der Waals surface area contributed by atoms with Crippen LogP contribution in [0.5, 0.6) is 0 Å². The Morgan fingerprint density at radius 2 is 2.05 bits per heavy atom. The van der Waals surface area contributed by atoms with Crippen molar-refractivity contribution in [3.8, 4) is 0 Å². The second-order valence-corrected chi connectivity index (χ2v) is 5.95. The number of nitrogens with two attached hydrogens (primary N) is 1. The third-order valence-electron chi connectivity index (χ3n) is 3.82. The van der Waals surface area contributed by atoms with E-state index in [0.717, 1.165) is 44.1 Å². The molecule has 0 atom stereocenters. The number of aromatic nitrogens is 1. The van der Waals surface area contributed by atoms with Gasteiger partial charge in [0, 0.05) is 38.4 Å². The lowest BCUT2D eigenvalue weighted by Crippen LogP contribution is -2.46. The highest BCUT2D eigenvalue weighted by molar-refractivity contribution is 5.78. The molecule has 1 aliphatic heterocycles. The third-order valence-corrected chi connectivity index (χ3v) is 3.82. The Labute approximate surface area is 133 Å². The SMILES string of the molecule is CCN1CCN(c2ccc(CN=C(N)NC(C)C)cn2)CC1. The van der Waals surface area contributed by atoms with Crippen molar-refractivity contribution >= 4 is 11.8 Å². The van der Waals surface area contributed by atoms with Gasteiger partial charge >= 0.3 is 0 Å². The largest absolute Gasteiger partial charge is 0.370 e. The summed E-state index contributed by atoms with van der Waals surface area (Å²) in [5.74, 6) is 1.53. The minimum absolute atomic E-state index is 0.297. The molecule has 0 bridgehead atoms. The van der Waals surface area contributed by atoms with Gasteiger partial charge in [-0.05, 0) is 32.0 Å². The van der Waals surface area contributed by atoms with Gasteiger partial charge in [0.15, 0.2) is 5.96 Å². The first kappa shape index (κ1) is 16.5. The van der Waals surface area contributed by atoms with Crippen LogP contribution in [0.25, 0.3) is 0 Å². The monoisotopic (exact) mass is 304 g/mol. The van der Waals surface area contributed by atoms with Gasteiger partial charge in [-0.2, -0.15) is 0 Å². The lowest BCUT2D eigenvalue weighted by atomic mass is 10.2. The molecule has 1 saturated heterocycles. The van der Waals surface area contributed by atoms with Crippen LogP contribution in [0.15, 0.2) is 23.3 Å². The lowest BCUT2D eigenvalue weighted by Gasteiger charge is -2.34. The van der Waals surface area contributed by atoms with Crippen LogP contribution in [0, 0.1) is 0 Å². The Kier molecular flexibility index (Phi) is 6.00. The van der Waals surface area contributed by atoms with Crippen LogP contribution >= 0.6 is 0 Å². The molecule has 6 heteroatoms. The predicted molar refractivity (Wildman–Crippen MR) is 92.2 cm³/mol. The Bertz CT molecular complexity index is 474. The summed E-state index contributed by atoms with van der Waals surface area (Å²) >= 11 is 0. The topological polar surface area (TPSA) is 69.8 Å². The van der Waals surface area contributed by atoms with Gasteiger partial charge in [-0.3, -0.25) is 0 Å². The molecule has 0 aliphatic carbocycles. The molecule has 0 amide bonds. The molecule has 1 aromatic heterocycles. The van der Waals surface area contributed by atoms with Crippen LogP contribution in [-0.2, 0) is 6.54 Å². The molecule has 3 N–H and O–H groups in total. The van der Waals surface area contributed by atoms with E-state index in [1.165, 1.54) is 0 Å². The highest BCUT2D eigenvalue weighted by Gasteiger charge is 2.16. The summed E-state index contributed by atoms with van der Waals surface area (Å²) in [6.07, 6.45) is 1.90. The van der Waals surface area contributed by atoms with Crippen LogP contribution in [0.4, 0.5) is 5.82 Å². The molecule has 6 nitrogen and oxygen atoms in total. The van der Waals surface area contributed by atoms with Gasteiger partial charge in [-0.25, -0.2) is 9.98 Å². The number of likely N-dealkylation sites (N-methyl/N-ethyl adjacent to an activating group) is 1. The summed E-state index contributed by atoms with van der Waals surface area (Å²) in [5, 5.41) is 3.08. The molecule has 2 heterocycles. The van der Waals surface area contributed by atoms with Gasteiger partial charge in [0.05, 0.1) is 6.54 Å². The summed E-state index contributed by atoms with van der Waals surface area (Å²) in [6.45, 7) is 12.3. The number of rotatable bonds is 5. The number of piperazine rings is 1. The first-order valence-electron chi connectivity index (χ1n) is 8.07. The molecule has 1 fully saturated rings. The number of pyridine rings is 1. The second kappa shape index (κ2) is 7.98. The average molecular weight is 304 g/mol.